The molecule has 0 atom stereocenters. The van der Waals surface area contributed by atoms with E-state index >= 15 is 0 Å². The van der Waals surface area contributed by atoms with Gasteiger partial charge in [0.1, 0.15) is 6.10 Å². The lowest BCUT2D eigenvalue weighted by Gasteiger charge is -2.19. The summed E-state index contributed by atoms with van der Waals surface area (Å²) in [4.78, 5) is 40.4. The van der Waals surface area contributed by atoms with Crippen molar-refractivity contribution in [1.82, 2.24) is 4.90 Å². The van der Waals surface area contributed by atoms with Crippen molar-refractivity contribution in [3.63, 3.8) is 0 Å². The number of carbonyl (C=O) groups excluding carboxylic acids is 3. The van der Waals surface area contributed by atoms with Gasteiger partial charge in [0.2, 0.25) is 0 Å². The van der Waals surface area contributed by atoms with E-state index in [0.29, 0.717) is 44.3 Å². The van der Waals surface area contributed by atoms with Crippen molar-refractivity contribution in [3.05, 3.63) is 0 Å². The number of ether oxygens (including phenoxy) is 3. The Bertz CT molecular complexity index is 848. The van der Waals surface area contributed by atoms with Gasteiger partial charge in [0, 0.05) is 19.3 Å². The van der Waals surface area contributed by atoms with E-state index in [4.69, 9.17) is 14.2 Å². The molecule has 0 unspecified atom stereocenters. The third kappa shape index (κ3) is 31.4. The molecular weight excluding hydrogens is 699 g/mol. The van der Waals surface area contributed by atoms with E-state index < -0.39 is 0 Å². The molecule has 0 amide bonds. The van der Waals surface area contributed by atoms with Crippen molar-refractivity contribution in [2.75, 3.05) is 33.9 Å². The quantitative estimate of drug-likeness (QED) is 0.0732. The molecule has 0 radical (unpaired) electrons. The summed E-state index contributed by atoms with van der Waals surface area (Å²) in [6.07, 6.45) is 43.3. The average Bonchev–Trinajstić information content (AvgIpc) is 3.19. The summed E-state index contributed by atoms with van der Waals surface area (Å²) in [5, 5.41) is 0. The Balaban J connectivity index is 1.72. The number of nitrogens with zero attached hydrogens (tertiary/aromatic N) is 1. The molecule has 2 aliphatic carbocycles. The second-order valence-corrected chi connectivity index (χ2v) is 18.2. The lowest BCUT2D eigenvalue weighted by atomic mass is 9.95. The molecule has 0 heterocycles. The minimum Gasteiger partial charge on any atom is -0.465 e. The minimum absolute atomic E-state index is 0.0886. The molecule has 2 saturated carbocycles. The molecule has 0 bridgehead atoms. The molecule has 0 aliphatic heterocycles. The molecule has 0 aromatic heterocycles. The van der Waals surface area contributed by atoms with Crippen LogP contribution in [-0.2, 0) is 28.6 Å². The van der Waals surface area contributed by atoms with Crippen LogP contribution >= 0.6 is 0 Å². The van der Waals surface area contributed by atoms with Gasteiger partial charge >= 0.3 is 17.9 Å². The molecule has 56 heavy (non-hydrogen) atoms. The third-order valence-electron chi connectivity index (χ3n) is 12.5. The van der Waals surface area contributed by atoms with Gasteiger partial charge in [-0.2, -0.15) is 0 Å². The highest BCUT2D eigenvalue weighted by molar-refractivity contribution is 5.70. The van der Waals surface area contributed by atoms with Crippen LogP contribution in [0.15, 0.2) is 0 Å². The summed E-state index contributed by atoms with van der Waals surface area (Å²) in [6, 6.07) is 0. The number of esters is 3. The molecule has 0 spiro atoms. The fraction of sp³-hybridized carbons (Fsp3) is 0.939. The zero-order valence-corrected chi connectivity index (χ0v) is 37.1. The van der Waals surface area contributed by atoms with Gasteiger partial charge in [0.05, 0.1) is 13.2 Å². The molecule has 2 fully saturated rings. The number of hydrogen-bond acceptors (Lipinski definition) is 7. The molecule has 0 aromatic rings. The first kappa shape index (κ1) is 50.5. The highest BCUT2D eigenvalue weighted by Crippen LogP contribution is 2.24. The predicted molar refractivity (Wildman–Crippen MR) is 233 cm³/mol. The van der Waals surface area contributed by atoms with Gasteiger partial charge in [-0.1, -0.05) is 154 Å². The maximum Gasteiger partial charge on any atom is 0.306 e. The van der Waals surface area contributed by atoms with E-state index in [1.54, 1.807) is 0 Å². The van der Waals surface area contributed by atoms with Gasteiger partial charge in [-0.05, 0) is 103 Å². The van der Waals surface area contributed by atoms with Gasteiger partial charge in [-0.15, -0.1) is 0 Å². The van der Waals surface area contributed by atoms with E-state index in [1.807, 2.05) is 14.1 Å². The highest BCUT2D eigenvalue weighted by Gasteiger charge is 2.18. The van der Waals surface area contributed by atoms with Crippen LogP contribution in [0.2, 0.25) is 0 Å². The smallest absolute Gasteiger partial charge is 0.306 e. The molecule has 328 valence electrons. The number of unbranched alkanes of at least 4 members (excludes halogenated alkanes) is 2. The van der Waals surface area contributed by atoms with Crippen molar-refractivity contribution >= 4 is 17.9 Å². The van der Waals surface area contributed by atoms with E-state index in [-0.39, 0.29) is 24.0 Å². The highest BCUT2D eigenvalue weighted by atomic mass is 16.5. The Labute approximate surface area is 346 Å². The maximum absolute atomic E-state index is 12.8. The first-order valence-electron chi connectivity index (χ1n) is 24.6. The number of hydrogen-bond donors (Lipinski definition) is 0. The second-order valence-electron chi connectivity index (χ2n) is 18.2. The summed E-state index contributed by atoms with van der Waals surface area (Å²) in [5.74, 6) is 0.653. The molecule has 2 aliphatic rings. The Hall–Kier alpha value is -1.63. The Kier molecular flexibility index (Phi) is 32.9. The van der Waals surface area contributed by atoms with Crippen molar-refractivity contribution in [2.45, 2.75) is 250 Å². The van der Waals surface area contributed by atoms with Crippen molar-refractivity contribution in [3.8, 4) is 0 Å². The predicted octanol–water partition coefficient (Wildman–Crippen LogP) is 13.6. The van der Waals surface area contributed by atoms with E-state index in [1.165, 1.54) is 180 Å². The van der Waals surface area contributed by atoms with Crippen LogP contribution in [0.5, 0.6) is 0 Å². The number of rotatable bonds is 19. The van der Waals surface area contributed by atoms with Crippen LogP contribution in [0, 0.1) is 11.8 Å². The lowest BCUT2D eigenvalue weighted by molar-refractivity contribution is -0.151. The minimum atomic E-state index is -0.183. The molecule has 0 N–H and O–H groups in total. The standard InChI is InChI=1S/C49H91NO6/c1-50(2)41-31-40-49(53)56-46(36-27-29-38-47(51)54-42-44-32-23-19-15-11-7-3-4-8-12-16-20-24-33-44)37-28-30-39-48(52)55-43-45-34-25-21-17-13-9-5-6-10-14-18-22-26-35-45/h44-46H,3-43H2,1-2H3. The van der Waals surface area contributed by atoms with Crippen molar-refractivity contribution < 1.29 is 28.6 Å². The molecule has 0 aromatic carbocycles. The second kappa shape index (κ2) is 36.4. The lowest BCUT2D eigenvalue weighted by Crippen LogP contribution is -2.20. The molecule has 0 saturated heterocycles. The molecule has 2 rings (SSSR count). The zero-order valence-electron chi connectivity index (χ0n) is 37.1. The van der Waals surface area contributed by atoms with E-state index in [0.717, 1.165) is 51.5 Å². The van der Waals surface area contributed by atoms with Crippen LogP contribution in [0.4, 0.5) is 0 Å². The van der Waals surface area contributed by atoms with Crippen molar-refractivity contribution in [2.24, 2.45) is 11.8 Å². The monoisotopic (exact) mass is 790 g/mol. The summed E-state index contributed by atoms with van der Waals surface area (Å²) in [7, 11) is 4.03. The van der Waals surface area contributed by atoms with Crippen LogP contribution in [0.3, 0.4) is 0 Å². The Morgan fingerprint density at radius 2 is 0.732 bits per heavy atom. The summed E-state index contributed by atoms with van der Waals surface area (Å²) in [6.45, 7) is 1.98. The van der Waals surface area contributed by atoms with Gasteiger partial charge in [0.25, 0.3) is 0 Å². The van der Waals surface area contributed by atoms with Gasteiger partial charge < -0.3 is 19.1 Å². The fourth-order valence-electron chi connectivity index (χ4n) is 8.78. The SMILES string of the molecule is CN(C)CCCC(=O)OC(CCCCC(=O)OCC1CCCCCCCCCCCCCC1)CCCCC(=O)OCC1CCCCCCCCCCCCCC1. The van der Waals surface area contributed by atoms with Gasteiger partial charge in [-0.25, -0.2) is 0 Å². The Morgan fingerprint density at radius 1 is 0.429 bits per heavy atom. The first-order chi connectivity index (χ1) is 27.4. The molecule has 7 nitrogen and oxygen atoms in total. The first-order valence-corrected chi connectivity index (χ1v) is 24.6. The fourth-order valence-corrected chi connectivity index (χ4v) is 8.78. The third-order valence-corrected chi connectivity index (χ3v) is 12.5. The van der Waals surface area contributed by atoms with Crippen LogP contribution in [0.25, 0.3) is 0 Å². The average molecular weight is 790 g/mol. The van der Waals surface area contributed by atoms with Crippen molar-refractivity contribution in [1.29, 1.82) is 0 Å². The summed E-state index contributed by atoms with van der Waals surface area (Å²) >= 11 is 0. The normalized spacial score (nSPS) is 19.3. The largest absolute Gasteiger partial charge is 0.465 e. The van der Waals surface area contributed by atoms with Crippen LogP contribution in [-0.4, -0.2) is 62.8 Å². The summed E-state index contributed by atoms with van der Waals surface area (Å²) in [5.41, 5.74) is 0. The van der Waals surface area contributed by atoms with Gasteiger partial charge in [0.15, 0.2) is 0 Å². The molecule has 7 heteroatoms. The maximum atomic E-state index is 12.8. The van der Waals surface area contributed by atoms with Crippen LogP contribution < -0.4 is 0 Å². The topological polar surface area (TPSA) is 82.1 Å². The van der Waals surface area contributed by atoms with Gasteiger partial charge in [-0.3, -0.25) is 14.4 Å². The number of carbonyl (C=O) groups is 3. The summed E-state index contributed by atoms with van der Waals surface area (Å²) < 4.78 is 17.6. The van der Waals surface area contributed by atoms with E-state index in [2.05, 4.69) is 4.90 Å². The zero-order chi connectivity index (χ0) is 40.2. The molecular formula is C49H91NO6. The Morgan fingerprint density at radius 3 is 1.05 bits per heavy atom. The van der Waals surface area contributed by atoms with Crippen LogP contribution in [0.1, 0.15) is 244 Å². The van der Waals surface area contributed by atoms with E-state index in [9.17, 15) is 14.4 Å².